The molecule has 2 aromatic carbocycles. The van der Waals surface area contributed by atoms with E-state index in [4.69, 9.17) is 4.74 Å². The minimum atomic E-state index is 0.605. The minimum absolute atomic E-state index is 0.605. The summed E-state index contributed by atoms with van der Waals surface area (Å²) in [5.74, 6) is 1.33. The van der Waals surface area contributed by atoms with Gasteiger partial charge in [-0.05, 0) is 42.1 Å². The first kappa shape index (κ1) is 12.8. The molecule has 0 aliphatic heterocycles. The molecule has 106 valence electrons. The van der Waals surface area contributed by atoms with Gasteiger partial charge in [-0.1, -0.05) is 30.3 Å². The monoisotopic (exact) mass is 286 g/mol. The van der Waals surface area contributed by atoms with Gasteiger partial charge in [0.15, 0.2) is 5.75 Å². The SMILES string of the molecule is Cc1ccc(Oc2nccc3ccccc23)c2ncccc12. The topological polar surface area (TPSA) is 35.0 Å². The van der Waals surface area contributed by atoms with Gasteiger partial charge < -0.3 is 4.74 Å². The second kappa shape index (κ2) is 5.11. The van der Waals surface area contributed by atoms with Crippen LogP contribution < -0.4 is 4.74 Å². The molecule has 0 unspecified atom stereocenters. The Balaban J connectivity index is 1.88. The Morgan fingerprint density at radius 2 is 1.64 bits per heavy atom. The van der Waals surface area contributed by atoms with E-state index in [1.807, 2.05) is 42.5 Å². The van der Waals surface area contributed by atoms with Gasteiger partial charge in [-0.25, -0.2) is 4.98 Å². The number of aromatic nitrogens is 2. The van der Waals surface area contributed by atoms with E-state index in [0.29, 0.717) is 5.88 Å². The molecule has 0 bridgehead atoms. The first-order valence-electron chi connectivity index (χ1n) is 7.19. The number of rotatable bonds is 2. The third-order valence-electron chi connectivity index (χ3n) is 3.79. The highest BCUT2D eigenvalue weighted by molar-refractivity contribution is 5.89. The van der Waals surface area contributed by atoms with Crippen LogP contribution in [-0.4, -0.2) is 9.97 Å². The molecule has 22 heavy (non-hydrogen) atoms. The predicted octanol–water partition coefficient (Wildman–Crippen LogP) is 4.88. The van der Waals surface area contributed by atoms with Crippen LogP contribution in [0.15, 0.2) is 67.0 Å². The van der Waals surface area contributed by atoms with Crippen molar-refractivity contribution in [2.75, 3.05) is 0 Å². The molecule has 4 rings (SSSR count). The summed E-state index contributed by atoms with van der Waals surface area (Å²) in [4.78, 5) is 8.85. The molecule has 2 heterocycles. The Kier molecular flexibility index (Phi) is 2.97. The average Bonchev–Trinajstić information content (AvgIpc) is 2.58. The van der Waals surface area contributed by atoms with Crippen molar-refractivity contribution in [2.24, 2.45) is 0 Å². The molecule has 0 aliphatic carbocycles. The molecular weight excluding hydrogens is 272 g/mol. The zero-order chi connectivity index (χ0) is 14.9. The Labute approximate surface area is 128 Å². The van der Waals surface area contributed by atoms with E-state index in [-0.39, 0.29) is 0 Å². The molecule has 3 nitrogen and oxygen atoms in total. The van der Waals surface area contributed by atoms with Crippen LogP contribution in [0.5, 0.6) is 11.6 Å². The van der Waals surface area contributed by atoms with Gasteiger partial charge in [-0.2, -0.15) is 0 Å². The summed E-state index contributed by atoms with van der Waals surface area (Å²) < 4.78 is 6.09. The highest BCUT2D eigenvalue weighted by Crippen LogP contribution is 2.32. The normalized spacial score (nSPS) is 11.0. The summed E-state index contributed by atoms with van der Waals surface area (Å²) >= 11 is 0. The summed E-state index contributed by atoms with van der Waals surface area (Å²) in [5, 5.41) is 3.20. The number of nitrogens with zero attached hydrogens (tertiary/aromatic N) is 2. The number of pyridine rings is 2. The van der Waals surface area contributed by atoms with E-state index in [2.05, 4.69) is 29.0 Å². The van der Waals surface area contributed by atoms with Crippen LogP contribution in [-0.2, 0) is 0 Å². The van der Waals surface area contributed by atoms with Gasteiger partial charge in [-0.15, -0.1) is 0 Å². The first-order chi connectivity index (χ1) is 10.8. The molecule has 0 fully saturated rings. The maximum Gasteiger partial charge on any atom is 0.227 e. The molecule has 0 spiro atoms. The van der Waals surface area contributed by atoms with E-state index in [1.165, 1.54) is 5.56 Å². The maximum atomic E-state index is 6.09. The summed E-state index contributed by atoms with van der Waals surface area (Å²) in [6.07, 6.45) is 3.55. The quantitative estimate of drug-likeness (QED) is 0.526. The summed E-state index contributed by atoms with van der Waals surface area (Å²) in [6.45, 7) is 2.07. The van der Waals surface area contributed by atoms with Gasteiger partial charge in [-0.3, -0.25) is 4.98 Å². The number of aryl methyl sites for hydroxylation is 1. The lowest BCUT2D eigenvalue weighted by atomic mass is 10.1. The van der Waals surface area contributed by atoms with Crippen molar-refractivity contribution in [3.05, 3.63) is 72.6 Å². The third-order valence-corrected chi connectivity index (χ3v) is 3.79. The molecule has 0 saturated carbocycles. The van der Waals surface area contributed by atoms with Gasteiger partial charge in [0.25, 0.3) is 0 Å². The first-order valence-corrected chi connectivity index (χ1v) is 7.19. The van der Waals surface area contributed by atoms with Crippen molar-refractivity contribution in [3.8, 4) is 11.6 Å². The van der Waals surface area contributed by atoms with Crippen molar-refractivity contribution >= 4 is 21.7 Å². The molecule has 2 aromatic heterocycles. The smallest absolute Gasteiger partial charge is 0.227 e. The lowest BCUT2D eigenvalue weighted by Crippen LogP contribution is -1.92. The lowest BCUT2D eigenvalue weighted by Gasteiger charge is -2.10. The van der Waals surface area contributed by atoms with Crippen LogP contribution in [0.4, 0.5) is 0 Å². The molecule has 0 atom stereocenters. The highest BCUT2D eigenvalue weighted by Gasteiger charge is 2.09. The molecular formula is C19H14N2O. The number of benzene rings is 2. The predicted molar refractivity (Wildman–Crippen MR) is 88.3 cm³/mol. The minimum Gasteiger partial charge on any atom is -0.436 e. The van der Waals surface area contributed by atoms with Crippen LogP contribution >= 0.6 is 0 Å². The second-order valence-corrected chi connectivity index (χ2v) is 5.22. The van der Waals surface area contributed by atoms with Crippen LogP contribution in [0, 0.1) is 6.92 Å². The molecule has 0 radical (unpaired) electrons. The van der Waals surface area contributed by atoms with E-state index in [0.717, 1.165) is 27.4 Å². The van der Waals surface area contributed by atoms with Crippen molar-refractivity contribution < 1.29 is 4.74 Å². The van der Waals surface area contributed by atoms with Crippen molar-refractivity contribution in [2.45, 2.75) is 6.92 Å². The van der Waals surface area contributed by atoms with Gasteiger partial charge >= 0.3 is 0 Å². The van der Waals surface area contributed by atoms with Crippen LogP contribution in [0.25, 0.3) is 21.7 Å². The number of hydrogen-bond acceptors (Lipinski definition) is 3. The zero-order valence-electron chi connectivity index (χ0n) is 12.2. The van der Waals surface area contributed by atoms with Gasteiger partial charge in [0.1, 0.15) is 5.52 Å². The summed E-state index contributed by atoms with van der Waals surface area (Å²) in [7, 11) is 0. The number of ether oxygens (including phenoxy) is 1. The second-order valence-electron chi connectivity index (χ2n) is 5.22. The Morgan fingerprint density at radius 1 is 0.773 bits per heavy atom. The fraction of sp³-hybridized carbons (Fsp3) is 0.0526. The van der Waals surface area contributed by atoms with E-state index in [1.54, 1.807) is 12.4 Å². The van der Waals surface area contributed by atoms with Gasteiger partial charge in [0.05, 0.1) is 0 Å². The molecule has 0 saturated heterocycles. The summed E-state index contributed by atoms with van der Waals surface area (Å²) in [6, 6.07) is 18.0. The third kappa shape index (κ3) is 2.07. The fourth-order valence-corrected chi connectivity index (χ4v) is 2.65. The molecule has 0 aliphatic rings. The molecule has 0 amide bonds. The van der Waals surface area contributed by atoms with Crippen LogP contribution in [0.1, 0.15) is 5.56 Å². The van der Waals surface area contributed by atoms with E-state index in [9.17, 15) is 0 Å². The van der Waals surface area contributed by atoms with Crippen molar-refractivity contribution in [3.63, 3.8) is 0 Å². The van der Waals surface area contributed by atoms with Gasteiger partial charge in [0, 0.05) is 23.2 Å². The number of hydrogen-bond donors (Lipinski definition) is 0. The van der Waals surface area contributed by atoms with Gasteiger partial charge in [0.2, 0.25) is 5.88 Å². The van der Waals surface area contributed by atoms with Crippen LogP contribution in [0.2, 0.25) is 0 Å². The maximum absolute atomic E-state index is 6.09. The van der Waals surface area contributed by atoms with E-state index < -0.39 is 0 Å². The highest BCUT2D eigenvalue weighted by atomic mass is 16.5. The fourth-order valence-electron chi connectivity index (χ4n) is 2.65. The average molecular weight is 286 g/mol. The molecule has 0 N–H and O–H groups in total. The number of fused-ring (bicyclic) bond motifs is 2. The largest absolute Gasteiger partial charge is 0.436 e. The standard InChI is InChI=1S/C19H14N2O/c1-13-8-9-17(18-15(13)7-4-11-20-18)22-19-16-6-3-2-5-14(16)10-12-21-19/h2-12H,1H3. The zero-order valence-corrected chi connectivity index (χ0v) is 12.2. The Bertz CT molecular complexity index is 974. The summed E-state index contributed by atoms with van der Waals surface area (Å²) in [5.41, 5.74) is 2.04. The Hall–Kier alpha value is -2.94. The molecule has 3 heteroatoms. The van der Waals surface area contributed by atoms with E-state index >= 15 is 0 Å². The lowest BCUT2D eigenvalue weighted by molar-refractivity contribution is 0.473. The molecule has 4 aromatic rings. The van der Waals surface area contributed by atoms with Crippen molar-refractivity contribution in [1.82, 2.24) is 9.97 Å². The Morgan fingerprint density at radius 3 is 2.59 bits per heavy atom. The van der Waals surface area contributed by atoms with Crippen LogP contribution in [0.3, 0.4) is 0 Å². The van der Waals surface area contributed by atoms with Crippen molar-refractivity contribution in [1.29, 1.82) is 0 Å².